The zero-order valence-electron chi connectivity index (χ0n) is 12.7. The summed E-state index contributed by atoms with van der Waals surface area (Å²) in [5.41, 5.74) is 3.12. The Morgan fingerprint density at radius 2 is 1.65 bits per heavy atom. The van der Waals surface area contributed by atoms with Crippen LogP contribution < -0.4 is 0 Å². The average Bonchev–Trinajstić information content (AvgIpc) is 2.90. The van der Waals surface area contributed by atoms with E-state index >= 15 is 0 Å². The largest absolute Gasteiger partial charge is 0.279 e. The third-order valence-corrected chi connectivity index (χ3v) is 5.15. The normalized spacial score (nSPS) is 23.3. The van der Waals surface area contributed by atoms with E-state index in [1.54, 1.807) is 0 Å². The lowest BCUT2D eigenvalue weighted by atomic mass is 10.0. The van der Waals surface area contributed by atoms with E-state index < -0.39 is 0 Å². The van der Waals surface area contributed by atoms with Gasteiger partial charge in [0.15, 0.2) is 5.17 Å². The summed E-state index contributed by atoms with van der Waals surface area (Å²) in [6, 6.07) is 20.2. The maximum atomic E-state index is 12.6. The van der Waals surface area contributed by atoms with Crippen molar-refractivity contribution in [2.24, 2.45) is 4.99 Å². The molecule has 0 saturated carbocycles. The van der Waals surface area contributed by atoms with Crippen LogP contribution in [0.5, 0.6) is 0 Å². The van der Waals surface area contributed by atoms with Crippen LogP contribution in [0.1, 0.15) is 24.1 Å². The van der Waals surface area contributed by atoms with Crippen LogP contribution in [0, 0.1) is 0 Å². The summed E-state index contributed by atoms with van der Waals surface area (Å²) in [6.07, 6.45) is 2.09. The molecule has 2 aromatic carbocycles. The summed E-state index contributed by atoms with van der Waals surface area (Å²) in [5, 5.41) is 0.723. The summed E-state index contributed by atoms with van der Waals surface area (Å²) in [6.45, 7) is 1.94. The maximum absolute atomic E-state index is 12.6. The molecule has 2 heterocycles. The molecule has 2 aliphatic rings. The fraction of sp³-hybridized carbons (Fsp3) is 0.158. The minimum Gasteiger partial charge on any atom is -0.279 e. The summed E-state index contributed by atoms with van der Waals surface area (Å²) in [5.74, 6) is 0.131. The summed E-state index contributed by atoms with van der Waals surface area (Å²) in [4.78, 5) is 19.1. The quantitative estimate of drug-likeness (QED) is 0.834. The number of aliphatic imine (C=N–C) groups is 1. The fourth-order valence-corrected chi connectivity index (χ4v) is 3.92. The third kappa shape index (κ3) is 2.49. The predicted molar refractivity (Wildman–Crippen MR) is 94.9 cm³/mol. The first-order valence-electron chi connectivity index (χ1n) is 7.64. The smallest absolute Gasteiger partial charge is 0.242 e. The molecule has 23 heavy (non-hydrogen) atoms. The number of nitrogens with zero attached hydrogens (tertiary/aromatic N) is 2. The summed E-state index contributed by atoms with van der Waals surface area (Å²) >= 11 is 1.54. The van der Waals surface area contributed by atoms with Crippen LogP contribution in [0.25, 0.3) is 5.70 Å². The van der Waals surface area contributed by atoms with Crippen molar-refractivity contribution < 1.29 is 4.79 Å². The van der Waals surface area contributed by atoms with E-state index in [4.69, 9.17) is 4.99 Å². The number of amides is 1. The van der Waals surface area contributed by atoms with Gasteiger partial charge in [0, 0.05) is 0 Å². The van der Waals surface area contributed by atoms with Crippen molar-refractivity contribution >= 4 is 28.5 Å². The molecule has 0 aromatic heterocycles. The highest BCUT2D eigenvalue weighted by molar-refractivity contribution is 8.15. The molecule has 2 aliphatic heterocycles. The van der Waals surface area contributed by atoms with Gasteiger partial charge in [0.2, 0.25) is 5.91 Å². The highest BCUT2D eigenvalue weighted by atomic mass is 32.2. The second-order valence-electron chi connectivity index (χ2n) is 5.64. The first kappa shape index (κ1) is 14.3. The lowest BCUT2D eigenvalue weighted by Gasteiger charge is -2.29. The van der Waals surface area contributed by atoms with Crippen molar-refractivity contribution in [1.82, 2.24) is 4.90 Å². The minimum atomic E-state index is -0.0937. The number of hydrogen-bond donors (Lipinski definition) is 0. The maximum Gasteiger partial charge on any atom is 0.242 e. The lowest BCUT2D eigenvalue weighted by Crippen LogP contribution is -2.36. The van der Waals surface area contributed by atoms with Crippen molar-refractivity contribution in [3.8, 4) is 0 Å². The molecular formula is C19H16N2OS. The van der Waals surface area contributed by atoms with Crippen molar-refractivity contribution in [3.63, 3.8) is 0 Å². The van der Waals surface area contributed by atoms with Gasteiger partial charge in [0.05, 0.1) is 17.0 Å². The second-order valence-corrected chi connectivity index (χ2v) is 6.94. The van der Waals surface area contributed by atoms with Crippen molar-refractivity contribution in [2.75, 3.05) is 0 Å². The van der Waals surface area contributed by atoms with Gasteiger partial charge in [-0.25, -0.2) is 4.99 Å². The van der Waals surface area contributed by atoms with Gasteiger partial charge in [0.25, 0.3) is 0 Å². The summed E-state index contributed by atoms with van der Waals surface area (Å²) < 4.78 is 0. The molecule has 0 aliphatic carbocycles. The molecule has 0 bridgehead atoms. The number of amidine groups is 1. The molecule has 2 unspecified atom stereocenters. The van der Waals surface area contributed by atoms with E-state index in [0.717, 1.165) is 22.0 Å². The van der Waals surface area contributed by atoms with Crippen LogP contribution in [-0.2, 0) is 4.79 Å². The van der Waals surface area contributed by atoms with Gasteiger partial charge in [-0.05, 0) is 24.1 Å². The molecule has 0 N–H and O–H groups in total. The Balaban J connectivity index is 1.83. The number of carbonyl (C=O) groups is 1. The van der Waals surface area contributed by atoms with Crippen LogP contribution in [0.15, 0.2) is 71.7 Å². The number of carbonyl (C=O) groups excluding carboxylic acids is 1. The fourth-order valence-electron chi connectivity index (χ4n) is 2.92. The molecule has 0 spiro atoms. The number of rotatable bonds is 2. The predicted octanol–water partition coefficient (Wildman–Crippen LogP) is 4.10. The van der Waals surface area contributed by atoms with Crippen molar-refractivity contribution in [1.29, 1.82) is 0 Å². The van der Waals surface area contributed by atoms with Crippen molar-refractivity contribution in [2.45, 2.75) is 18.2 Å². The lowest BCUT2D eigenvalue weighted by molar-refractivity contribution is -0.126. The van der Waals surface area contributed by atoms with Gasteiger partial charge in [-0.1, -0.05) is 72.4 Å². The van der Waals surface area contributed by atoms with E-state index in [1.807, 2.05) is 48.2 Å². The number of thioether (sulfide) groups is 1. The highest BCUT2D eigenvalue weighted by Crippen LogP contribution is 2.40. The molecule has 2 aromatic rings. The van der Waals surface area contributed by atoms with Crippen LogP contribution in [0.3, 0.4) is 0 Å². The Kier molecular flexibility index (Phi) is 3.54. The number of benzene rings is 2. The first-order chi connectivity index (χ1) is 11.2. The molecule has 4 rings (SSSR count). The zero-order valence-corrected chi connectivity index (χ0v) is 13.5. The third-order valence-electron chi connectivity index (χ3n) is 4.09. The Hall–Kier alpha value is -2.33. The van der Waals surface area contributed by atoms with Gasteiger partial charge in [-0.3, -0.25) is 9.69 Å². The Morgan fingerprint density at radius 1 is 1.00 bits per heavy atom. The summed E-state index contributed by atoms with van der Waals surface area (Å²) in [7, 11) is 0. The molecule has 1 fully saturated rings. The molecule has 3 nitrogen and oxygen atoms in total. The van der Waals surface area contributed by atoms with Crippen LogP contribution >= 0.6 is 11.8 Å². The van der Waals surface area contributed by atoms with Gasteiger partial charge >= 0.3 is 0 Å². The molecule has 1 amide bonds. The van der Waals surface area contributed by atoms with Crippen LogP contribution in [0.4, 0.5) is 0 Å². The van der Waals surface area contributed by atoms with Crippen molar-refractivity contribution in [3.05, 3.63) is 77.9 Å². The second kappa shape index (κ2) is 5.70. The van der Waals surface area contributed by atoms with Crippen LogP contribution in [0.2, 0.25) is 0 Å². The standard InChI is InChI=1S/C19H16N2OS/c1-13-18(22)21-17(15-10-6-3-7-11-15)12-16(20-19(21)23-13)14-8-4-2-5-9-14/h2-13,17H,1H3. The van der Waals surface area contributed by atoms with Gasteiger partial charge in [0.1, 0.15) is 0 Å². The zero-order chi connectivity index (χ0) is 15.8. The van der Waals surface area contributed by atoms with Gasteiger partial charge in [-0.2, -0.15) is 0 Å². The highest BCUT2D eigenvalue weighted by Gasteiger charge is 2.41. The molecule has 1 saturated heterocycles. The van der Waals surface area contributed by atoms with E-state index in [9.17, 15) is 4.79 Å². The van der Waals surface area contributed by atoms with E-state index in [1.165, 1.54) is 11.8 Å². The Morgan fingerprint density at radius 3 is 2.35 bits per heavy atom. The Labute approximate surface area is 139 Å². The topological polar surface area (TPSA) is 32.7 Å². The average molecular weight is 320 g/mol. The molecule has 0 radical (unpaired) electrons. The van der Waals surface area contributed by atoms with E-state index in [-0.39, 0.29) is 17.2 Å². The van der Waals surface area contributed by atoms with Gasteiger partial charge < -0.3 is 0 Å². The number of hydrogen-bond acceptors (Lipinski definition) is 3. The minimum absolute atomic E-state index is 0.0801. The van der Waals surface area contributed by atoms with Crippen LogP contribution in [-0.4, -0.2) is 21.2 Å². The molecule has 114 valence electrons. The van der Waals surface area contributed by atoms with E-state index in [0.29, 0.717) is 0 Å². The van der Waals surface area contributed by atoms with E-state index in [2.05, 4.69) is 30.3 Å². The Bertz CT molecular complexity index is 799. The molecular weight excluding hydrogens is 304 g/mol. The SMILES string of the molecule is CC1SC2=NC(c3ccccc3)=CC(c3ccccc3)N2C1=O. The monoisotopic (exact) mass is 320 g/mol. The molecule has 4 heteroatoms. The molecule has 2 atom stereocenters. The first-order valence-corrected chi connectivity index (χ1v) is 8.52. The van der Waals surface area contributed by atoms with Gasteiger partial charge in [-0.15, -0.1) is 0 Å². The number of fused-ring (bicyclic) bond motifs is 1.